The predicted molar refractivity (Wildman–Crippen MR) is 56.8 cm³/mol. The molecule has 0 aliphatic heterocycles. The van der Waals surface area contributed by atoms with Crippen LogP contribution >= 0.6 is 0 Å². The summed E-state index contributed by atoms with van der Waals surface area (Å²) in [5.41, 5.74) is 0. The second-order valence-corrected chi connectivity index (χ2v) is 4.01. The molecule has 0 heterocycles. The molecule has 1 fully saturated rings. The van der Waals surface area contributed by atoms with Gasteiger partial charge in [-0.25, -0.2) is 0 Å². The van der Waals surface area contributed by atoms with Gasteiger partial charge < -0.3 is 5.32 Å². The first-order valence-electron chi connectivity index (χ1n) is 5.58. The maximum absolute atomic E-state index is 11.0. The number of nitriles is 1. The van der Waals surface area contributed by atoms with Crippen molar-refractivity contribution in [3.8, 4) is 6.07 Å². The highest BCUT2D eigenvalue weighted by molar-refractivity contribution is 4.77. The Morgan fingerprint density at radius 1 is 1.25 bits per heavy atom. The molecule has 5 heteroatoms. The van der Waals surface area contributed by atoms with Crippen molar-refractivity contribution >= 4 is 0 Å². The minimum atomic E-state index is -4.06. The maximum Gasteiger partial charge on any atom is 0.401 e. The molecule has 0 amide bonds. The number of hydrogen-bond donors (Lipinski definition) is 1. The molecule has 0 bridgehead atoms. The number of alkyl halides is 3. The van der Waals surface area contributed by atoms with Crippen LogP contribution in [0.25, 0.3) is 0 Å². The van der Waals surface area contributed by atoms with Crippen LogP contribution in [0.4, 0.5) is 13.2 Å². The minimum absolute atomic E-state index is 0.740. The van der Waals surface area contributed by atoms with Crippen LogP contribution in [0.3, 0.4) is 0 Å². The van der Waals surface area contributed by atoms with Crippen molar-refractivity contribution in [2.75, 3.05) is 13.6 Å². The normalized spacial score (nSPS) is 17.2. The molecule has 0 saturated heterocycles. The summed E-state index contributed by atoms with van der Waals surface area (Å²) in [4.78, 5) is 0. The highest BCUT2D eigenvalue weighted by Gasteiger charge is 2.24. The van der Waals surface area contributed by atoms with Gasteiger partial charge in [0.1, 0.15) is 0 Å². The van der Waals surface area contributed by atoms with Crippen LogP contribution in [0.15, 0.2) is 0 Å². The first kappa shape index (κ1) is 15.2. The minimum Gasteiger partial charge on any atom is -0.312 e. The third kappa shape index (κ3) is 9.78. The summed E-state index contributed by atoms with van der Waals surface area (Å²) in [6.07, 6.45) is 3.43. The lowest BCUT2D eigenvalue weighted by Crippen LogP contribution is -2.25. The standard InChI is InChI=1S/C8H13N.C3H6F3N/c9-7-6-8-4-2-1-3-5-8;1-7-2-3(4,5)6/h8H,1-6H2;7H,2H2,1H3. The number of rotatable bonds is 2. The molecule has 0 aromatic heterocycles. The van der Waals surface area contributed by atoms with Crippen molar-refractivity contribution in [2.24, 2.45) is 5.92 Å². The maximum atomic E-state index is 11.0. The zero-order chi connectivity index (χ0) is 12.4. The van der Waals surface area contributed by atoms with Crippen LogP contribution in [0, 0.1) is 17.2 Å². The van der Waals surface area contributed by atoms with E-state index in [2.05, 4.69) is 6.07 Å². The summed E-state index contributed by atoms with van der Waals surface area (Å²) in [6, 6.07) is 2.24. The second-order valence-electron chi connectivity index (χ2n) is 4.01. The van der Waals surface area contributed by atoms with Crippen molar-refractivity contribution in [3.05, 3.63) is 0 Å². The summed E-state index contributed by atoms with van der Waals surface area (Å²) < 4.78 is 33.0. The second kappa shape index (κ2) is 8.40. The first-order valence-corrected chi connectivity index (χ1v) is 5.58. The molecule has 0 aromatic rings. The largest absolute Gasteiger partial charge is 0.401 e. The first-order chi connectivity index (χ1) is 7.49. The summed E-state index contributed by atoms with van der Waals surface area (Å²) in [5, 5.41) is 10.4. The van der Waals surface area contributed by atoms with Crippen molar-refractivity contribution in [3.63, 3.8) is 0 Å². The lowest BCUT2D eigenvalue weighted by Gasteiger charge is -2.17. The number of nitrogens with one attached hydrogen (secondary N) is 1. The lowest BCUT2D eigenvalue weighted by atomic mass is 9.87. The zero-order valence-electron chi connectivity index (χ0n) is 9.61. The molecule has 1 rings (SSSR count). The smallest absolute Gasteiger partial charge is 0.312 e. The number of nitrogens with zero attached hydrogens (tertiary/aromatic N) is 1. The van der Waals surface area contributed by atoms with E-state index in [1.54, 1.807) is 0 Å². The van der Waals surface area contributed by atoms with Gasteiger partial charge in [0, 0.05) is 6.42 Å². The van der Waals surface area contributed by atoms with Gasteiger partial charge in [-0.1, -0.05) is 19.3 Å². The van der Waals surface area contributed by atoms with Gasteiger partial charge in [0.25, 0.3) is 0 Å². The Hall–Kier alpha value is -0.760. The van der Waals surface area contributed by atoms with E-state index in [0.717, 1.165) is 12.3 Å². The van der Waals surface area contributed by atoms with E-state index < -0.39 is 12.7 Å². The quantitative estimate of drug-likeness (QED) is 0.798. The monoisotopic (exact) mass is 236 g/mol. The van der Waals surface area contributed by atoms with E-state index in [-0.39, 0.29) is 0 Å². The summed E-state index contributed by atoms with van der Waals surface area (Å²) >= 11 is 0. The molecular weight excluding hydrogens is 217 g/mol. The Morgan fingerprint density at radius 2 is 1.81 bits per heavy atom. The summed E-state index contributed by atoms with van der Waals surface area (Å²) in [7, 11) is 1.26. The molecule has 0 aromatic carbocycles. The Morgan fingerprint density at radius 3 is 2.12 bits per heavy atom. The molecule has 94 valence electrons. The predicted octanol–water partition coefficient (Wildman–Crippen LogP) is 3.25. The van der Waals surface area contributed by atoms with Crippen molar-refractivity contribution < 1.29 is 13.2 Å². The van der Waals surface area contributed by atoms with E-state index in [4.69, 9.17) is 5.26 Å². The van der Waals surface area contributed by atoms with Crippen molar-refractivity contribution in [2.45, 2.75) is 44.7 Å². The molecule has 0 atom stereocenters. The van der Waals surface area contributed by atoms with Crippen molar-refractivity contribution in [1.29, 1.82) is 5.26 Å². The van der Waals surface area contributed by atoms with Gasteiger partial charge in [0.15, 0.2) is 0 Å². The molecule has 0 spiro atoms. The SMILES string of the molecule is CNCC(F)(F)F.N#CCC1CCCCC1. The lowest BCUT2D eigenvalue weighted by molar-refractivity contribution is -0.123. The molecule has 0 unspecified atom stereocenters. The molecule has 1 saturated carbocycles. The zero-order valence-corrected chi connectivity index (χ0v) is 9.61. The summed E-state index contributed by atoms with van der Waals surface area (Å²) in [5.74, 6) is 0.740. The molecule has 1 aliphatic carbocycles. The van der Waals surface area contributed by atoms with Gasteiger partial charge in [0.05, 0.1) is 12.6 Å². The highest BCUT2D eigenvalue weighted by Crippen LogP contribution is 2.25. The molecule has 2 nitrogen and oxygen atoms in total. The molecule has 1 N–H and O–H groups in total. The highest BCUT2D eigenvalue weighted by atomic mass is 19.4. The fourth-order valence-electron chi connectivity index (χ4n) is 1.72. The third-order valence-corrected chi connectivity index (χ3v) is 2.48. The fourth-order valence-corrected chi connectivity index (χ4v) is 1.72. The van der Waals surface area contributed by atoms with Crippen LogP contribution in [0.2, 0.25) is 0 Å². The molecular formula is C11H19F3N2. The van der Waals surface area contributed by atoms with Gasteiger partial charge in [-0.3, -0.25) is 0 Å². The number of hydrogen-bond acceptors (Lipinski definition) is 2. The average molecular weight is 236 g/mol. The van der Waals surface area contributed by atoms with E-state index >= 15 is 0 Å². The van der Waals surface area contributed by atoms with Gasteiger partial charge in [-0.05, 0) is 25.8 Å². The molecule has 0 radical (unpaired) electrons. The van der Waals surface area contributed by atoms with E-state index in [1.807, 2.05) is 5.32 Å². The molecule has 1 aliphatic rings. The van der Waals surface area contributed by atoms with Gasteiger partial charge >= 0.3 is 6.18 Å². The van der Waals surface area contributed by atoms with Gasteiger partial charge in [-0.15, -0.1) is 0 Å². The summed E-state index contributed by atoms with van der Waals surface area (Å²) in [6.45, 7) is -0.910. The Bertz CT molecular complexity index is 202. The van der Waals surface area contributed by atoms with E-state index in [9.17, 15) is 13.2 Å². The van der Waals surface area contributed by atoms with Crippen LogP contribution < -0.4 is 5.32 Å². The average Bonchev–Trinajstić information content (AvgIpc) is 2.19. The van der Waals surface area contributed by atoms with Gasteiger partial charge in [0.2, 0.25) is 0 Å². The van der Waals surface area contributed by atoms with Crippen LogP contribution in [0.1, 0.15) is 38.5 Å². The molecule has 16 heavy (non-hydrogen) atoms. The third-order valence-electron chi connectivity index (χ3n) is 2.48. The Labute approximate surface area is 94.8 Å². The van der Waals surface area contributed by atoms with Crippen molar-refractivity contribution in [1.82, 2.24) is 5.32 Å². The van der Waals surface area contributed by atoms with E-state index in [1.165, 1.54) is 39.2 Å². The Kier molecular flexibility index (Phi) is 8.00. The van der Waals surface area contributed by atoms with Crippen LogP contribution in [-0.4, -0.2) is 19.8 Å². The number of halogens is 3. The van der Waals surface area contributed by atoms with E-state index in [0.29, 0.717) is 0 Å². The fraction of sp³-hybridized carbons (Fsp3) is 0.909. The van der Waals surface area contributed by atoms with Crippen LogP contribution in [-0.2, 0) is 0 Å². The topological polar surface area (TPSA) is 35.8 Å². The van der Waals surface area contributed by atoms with Crippen LogP contribution in [0.5, 0.6) is 0 Å². The van der Waals surface area contributed by atoms with Gasteiger partial charge in [-0.2, -0.15) is 18.4 Å². The Balaban J connectivity index is 0.000000293.